The summed E-state index contributed by atoms with van der Waals surface area (Å²) in [5.74, 6) is 0. The van der Waals surface area contributed by atoms with Crippen molar-refractivity contribution in [3.05, 3.63) is 33.8 Å². The van der Waals surface area contributed by atoms with Crippen LogP contribution in [0.15, 0.2) is 18.2 Å². The van der Waals surface area contributed by atoms with Gasteiger partial charge in [-0.3, -0.25) is 0 Å². The molecule has 1 aromatic carbocycles. The maximum Gasteiger partial charge on any atom is 0.0595 e. The lowest BCUT2D eigenvalue weighted by Crippen LogP contribution is -2.31. The van der Waals surface area contributed by atoms with Gasteiger partial charge in [0.25, 0.3) is 0 Å². The van der Waals surface area contributed by atoms with Crippen LogP contribution in [0.4, 0.5) is 0 Å². The standard InChI is InChI=1S/C14H22Cl2N2/c1-3-18(4-2)8-7-12(17)9-11-5-6-13(15)14(16)10-11/h5-6,10,12H,3-4,7-9,17H2,1-2H3. The number of hydrogen-bond acceptors (Lipinski definition) is 2. The lowest BCUT2D eigenvalue weighted by atomic mass is 10.0. The van der Waals surface area contributed by atoms with Crippen LogP contribution >= 0.6 is 23.2 Å². The van der Waals surface area contributed by atoms with Crippen LogP contribution in [0.2, 0.25) is 10.0 Å². The quantitative estimate of drug-likeness (QED) is 0.831. The number of rotatable bonds is 7. The molecule has 0 aliphatic rings. The summed E-state index contributed by atoms with van der Waals surface area (Å²) in [7, 11) is 0. The topological polar surface area (TPSA) is 29.3 Å². The molecule has 18 heavy (non-hydrogen) atoms. The van der Waals surface area contributed by atoms with Gasteiger partial charge < -0.3 is 10.6 Å². The van der Waals surface area contributed by atoms with Crippen LogP contribution in [-0.4, -0.2) is 30.6 Å². The maximum atomic E-state index is 6.15. The first kappa shape index (κ1) is 15.8. The molecule has 0 spiro atoms. The maximum absolute atomic E-state index is 6.15. The zero-order valence-electron chi connectivity index (χ0n) is 11.1. The van der Waals surface area contributed by atoms with E-state index >= 15 is 0 Å². The Morgan fingerprint density at radius 3 is 2.39 bits per heavy atom. The van der Waals surface area contributed by atoms with E-state index in [9.17, 15) is 0 Å². The van der Waals surface area contributed by atoms with Gasteiger partial charge in [0.1, 0.15) is 0 Å². The van der Waals surface area contributed by atoms with Crippen molar-refractivity contribution < 1.29 is 0 Å². The molecule has 0 radical (unpaired) electrons. The molecule has 4 heteroatoms. The number of nitrogens with two attached hydrogens (primary N) is 1. The van der Waals surface area contributed by atoms with E-state index in [0.717, 1.165) is 38.0 Å². The Labute approximate surface area is 120 Å². The summed E-state index contributed by atoms with van der Waals surface area (Å²) in [5.41, 5.74) is 7.30. The van der Waals surface area contributed by atoms with E-state index in [4.69, 9.17) is 28.9 Å². The third-order valence-electron chi connectivity index (χ3n) is 3.19. The van der Waals surface area contributed by atoms with Crippen molar-refractivity contribution in [3.8, 4) is 0 Å². The molecule has 0 saturated heterocycles. The van der Waals surface area contributed by atoms with Crippen molar-refractivity contribution in [2.24, 2.45) is 5.73 Å². The van der Waals surface area contributed by atoms with Crippen LogP contribution in [0, 0.1) is 0 Å². The zero-order chi connectivity index (χ0) is 13.5. The van der Waals surface area contributed by atoms with Crippen molar-refractivity contribution in [1.82, 2.24) is 4.90 Å². The van der Waals surface area contributed by atoms with E-state index in [1.54, 1.807) is 0 Å². The normalized spacial score (nSPS) is 13.0. The van der Waals surface area contributed by atoms with Gasteiger partial charge in [0, 0.05) is 6.04 Å². The molecule has 0 amide bonds. The van der Waals surface area contributed by atoms with E-state index in [2.05, 4.69) is 18.7 Å². The Morgan fingerprint density at radius 2 is 1.83 bits per heavy atom. The van der Waals surface area contributed by atoms with Gasteiger partial charge in [0.15, 0.2) is 0 Å². The summed E-state index contributed by atoms with van der Waals surface area (Å²) in [6.45, 7) is 7.56. The molecule has 0 aliphatic heterocycles. The molecule has 0 bridgehead atoms. The predicted molar refractivity (Wildman–Crippen MR) is 80.5 cm³/mol. The number of benzene rings is 1. The Morgan fingerprint density at radius 1 is 1.17 bits per heavy atom. The Bertz CT molecular complexity index is 365. The highest BCUT2D eigenvalue weighted by atomic mass is 35.5. The van der Waals surface area contributed by atoms with Gasteiger partial charge in [0.05, 0.1) is 10.0 Å². The molecular weight excluding hydrogens is 267 g/mol. The highest BCUT2D eigenvalue weighted by Gasteiger charge is 2.08. The van der Waals surface area contributed by atoms with Crippen molar-refractivity contribution in [3.63, 3.8) is 0 Å². The molecule has 0 fully saturated rings. The summed E-state index contributed by atoms with van der Waals surface area (Å²) in [5, 5.41) is 1.20. The third kappa shape index (κ3) is 5.15. The van der Waals surface area contributed by atoms with Gasteiger partial charge in [0.2, 0.25) is 0 Å². The van der Waals surface area contributed by atoms with Gasteiger partial charge in [-0.05, 0) is 50.2 Å². The fourth-order valence-corrected chi connectivity index (χ4v) is 2.28. The average molecular weight is 289 g/mol. The highest BCUT2D eigenvalue weighted by molar-refractivity contribution is 6.42. The molecule has 1 rings (SSSR count). The largest absolute Gasteiger partial charge is 0.327 e. The van der Waals surface area contributed by atoms with Crippen LogP contribution in [0.5, 0.6) is 0 Å². The Kier molecular flexibility index (Phi) is 7.02. The molecule has 2 N–H and O–H groups in total. The summed E-state index contributed by atoms with van der Waals surface area (Å²) >= 11 is 11.9. The van der Waals surface area contributed by atoms with E-state index in [1.807, 2.05) is 18.2 Å². The first-order chi connectivity index (χ1) is 8.56. The molecule has 0 saturated carbocycles. The van der Waals surface area contributed by atoms with Gasteiger partial charge in [-0.2, -0.15) is 0 Å². The van der Waals surface area contributed by atoms with Gasteiger partial charge >= 0.3 is 0 Å². The number of hydrogen-bond donors (Lipinski definition) is 1. The van der Waals surface area contributed by atoms with Crippen LogP contribution in [0.3, 0.4) is 0 Å². The second-order valence-corrected chi connectivity index (χ2v) is 5.34. The van der Waals surface area contributed by atoms with Crippen LogP contribution in [0.1, 0.15) is 25.8 Å². The van der Waals surface area contributed by atoms with E-state index in [-0.39, 0.29) is 6.04 Å². The van der Waals surface area contributed by atoms with E-state index in [1.165, 1.54) is 0 Å². The lowest BCUT2D eigenvalue weighted by molar-refractivity contribution is 0.290. The van der Waals surface area contributed by atoms with Crippen molar-refractivity contribution in [1.29, 1.82) is 0 Å². The molecule has 2 nitrogen and oxygen atoms in total. The van der Waals surface area contributed by atoms with Crippen molar-refractivity contribution in [2.75, 3.05) is 19.6 Å². The first-order valence-electron chi connectivity index (χ1n) is 6.48. The molecule has 1 atom stereocenters. The monoisotopic (exact) mass is 288 g/mol. The molecule has 0 heterocycles. The minimum atomic E-state index is 0.169. The Balaban J connectivity index is 2.44. The van der Waals surface area contributed by atoms with Crippen LogP contribution in [-0.2, 0) is 6.42 Å². The second-order valence-electron chi connectivity index (χ2n) is 4.53. The van der Waals surface area contributed by atoms with Crippen LogP contribution < -0.4 is 5.73 Å². The third-order valence-corrected chi connectivity index (χ3v) is 3.93. The van der Waals surface area contributed by atoms with E-state index < -0.39 is 0 Å². The number of nitrogens with zero attached hydrogens (tertiary/aromatic N) is 1. The number of halogens is 2. The van der Waals surface area contributed by atoms with Crippen molar-refractivity contribution >= 4 is 23.2 Å². The zero-order valence-corrected chi connectivity index (χ0v) is 12.6. The lowest BCUT2D eigenvalue weighted by Gasteiger charge is -2.20. The van der Waals surface area contributed by atoms with Gasteiger partial charge in [-0.15, -0.1) is 0 Å². The van der Waals surface area contributed by atoms with Gasteiger partial charge in [-0.25, -0.2) is 0 Å². The molecule has 102 valence electrons. The molecule has 1 aromatic rings. The molecular formula is C14H22Cl2N2. The van der Waals surface area contributed by atoms with Crippen LogP contribution in [0.25, 0.3) is 0 Å². The summed E-state index contributed by atoms with van der Waals surface area (Å²) in [6.07, 6.45) is 1.85. The van der Waals surface area contributed by atoms with E-state index in [0.29, 0.717) is 10.0 Å². The molecule has 1 unspecified atom stereocenters. The Hall–Kier alpha value is -0.280. The summed E-state index contributed by atoms with van der Waals surface area (Å²) in [6, 6.07) is 5.89. The van der Waals surface area contributed by atoms with Crippen molar-refractivity contribution in [2.45, 2.75) is 32.7 Å². The summed E-state index contributed by atoms with van der Waals surface area (Å²) < 4.78 is 0. The fraction of sp³-hybridized carbons (Fsp3) is 0.571. The minimum absolute atomic E-state index is 0.169. The molecule has 0 aliphatic carbocycles. The summed E-state index contributed by atoms with van der Waals surface area (Å²) in [4.78, 5) is 2.38. The smallest absolute Gasteiger partial charge is 0.0595 e. The highest BCUT2D eigenvalue weighted by Crippen LogP contribution is 2.23. The second kappa shape index (κ2) is 8.00. The van der Waals surface area contributed by atoms with Gasteiger partial charge in [-0.1, -0.05) is 43.1 Å². The molecule has 0 aromatic heterocycles. The SMILES string of the molecule is CCN(CC)CCC(N)Cc1ccc(Cl)c(Cl)c1. The average Bonchev–Trinajstić information content (AvgIpc) is 2.35. The fourth-order valence-electron chi connectivity index (χ4n) is 1.96. The first-order valence-corrected chi connectivity index (χ1v) is 7.24. The predicted octanol–water partition coefficient (Wildman–Crippen LogP) is 3.60. The minimum Gasteiger partial charge on any atom is -0.327 e.